The third-order valence-electron chi connectivity index (χ3n) is 4.64. The molecule has 1 atom stereocenters. The summed E-state index contributed by atoms with van der Waals surface area (Å²) in [6, 6.07) is 7.14. The summed E-state index contributed by atoms with van der Waals surface area (Å²) in [6.07, 6.45) is 3.57. The second-order valence-electron chi connectivity index (χ2n) is 6.52. The summed E-state index contributed by atoms with van der Waals surface area (Å²) in [6.45, 7) is 3.52. The molecule has 2 aliphatic heterocycles. The van der Waals surface area contributed by atoms with Crippen LogP contribution in [0.3, 0.4) is 0 Å². The van der Waals surface area contributed by atoms with Gasteiger partial charge in [0.05, 0.1) is 5.92 Å². The van der Waals surface area contributed by atoms with E-state index >= 15 is 0 Å². The van der Waals surface area contributed by atoms with Crippen molar-refractivity contribution in [1.29, 1.82) is 0 Å². The number of nitrogens with one attached hydrogen (secondary N) is 1. The van der Waals surface area contributed by atoms with Crippen molar-refractivity contribution in [2.45, 2.75) is 32.6 Å². The first-order valence-corrected chi connectivity index (χ1v) is 8.51. The molecule has 3 rings (SSSR count). The molecule has 6 nitrogen and oxygen atoms in total. The molecule has 24 heavy (non-hydrogen) atoms. The van der Waals surface area contributed by atoms with Crippen molar-refractivity contribution in [3.8, 4) is 0 Å². The van der Waals surface area contributed by atoms with Gasteiger partial charge in [0.15, 0.2) is 0 Å². The molecule has 128 valence electrons. The highest BCUT2D eigenvalue weighted by Gasteiger charge is 2.37. The van der Waals surface area contributed by atoms with Crippen molar-refractivity contribution in [1.82, 2.24) is 4.90 Å². The standard InChI is InChI=1S/C18H23N3O3/c1-13(22)19-15-5-7-16(8-6-15)21-12-14(11-17(21)23)18(24)20-9-3-2-4-10-20/h5-8,14H,2-4,9-12H2,1H3,(H,19,22)/t14-/m1/s1. The second kappa shape index (κ2) is 7.03. The summed E-state index contributed by atoms with van der Waals surface area (Å²) in [5.74, 6) is -0.282. The molecule has 0 saturated carbocycles. The monoisotopic (exact) mass is 329 g/mol. The number of benzene rings is 1. The number of anilines is 2. The Morgan fingerprint density at radius 1 is 1.08 bits per heavy atom. The van der Waals surface area contributed by atoms with E-state index < -0.39 is 0 Å². The van der Waals surface area contributed by atoms with Gasteiger partial charge in [0.2, 0.25) is 17.7 Å². The fourth-order valence-electron chi connectivity index (χ4n) is 3.42. The molecule has 2 saturated heterocycles. The molecular weight excluding hydrogens is 306 g/mol. The minimum Gasteiger partial charge on any atom is -0.342 e. The molecule has 1 aromatic rings. The Bertz CT molecular complexity index is 635. The van der Waals surface area contributed by atoms with Crippen LogP contribution in [0.15, 0.2) is 24.3 Å². The Kier molecular flexibility index (Phi) is 4.83. The molecule has 0 radical (unpaired) electrons. The Hall–Kier alpha value is -2.37. The molecule has 0 unspecified atom stereocenters. The highest BCUT2D eigenvalue weighted by Crippen LogP contribution is 2.28. The zero-order valence-corrected chi connectivity index (χ0v) is 14.0. The second-order valence-corrected chi connectivity index (χ2v) is 6.52. The maximum absolute atomic E-state index is 12.6. The van der Waals surface area contributed by atoms with Crippen LogP contribution in [0.4, 0.5) is 11.4 Å². The van der Waals surface area contributed by atoms with Crippen LogP contribution in [0.1, 0.15) is 32.6 Å². The molecule has 0 spiro atoms. The minimum absolute atomic E-state index is 0.0161. The Morgan fingerprint density at radius 3 is 2.38 bits per heavy atom. The first-order valence-electron chi connectivity index (χ1n) is 8.51. The summed E-state index contributed by atoms with van der Waals surface area (Å²) in [7, 11) is 0. The van der Waals surface area contributed by atoms with Crippen LogP contribution < -0.4 is 10.2 Å². The lowest BCUT2D eigenvalue weighted by molar-refractivity contribution is -0.136. The number of hydrogen-bond acceptors (Lipinski definition) is 3. The average molecular weight is 329 g/mol. The van der Waals surface area contributed by atoms with Gasteiger partial charge < -0.3 is 15.1 Å². The third kappa shape index (κ3) is 3.58. The van der Waals surface area contributed by atoms with E-state index in [0.29, 0.717) is 12.2 Å². The minimum atomic E-state index is -0.245. The molecule has 3 amide bonds. The van der Waals surface area contributed by atoms with Crippen molar-refractivity contribution in [3.05, 3.63) is 24.3 Å². The predicted molar refractivity (Wildman–Crippen MR) is 91.6 cm³/mol. The molecule has 2 aliphatic rings. The van der Waals surface area contributed by atoms with Crippen molar-refractivity contribution in [2.75, 3.05) is 29.9 Å². The van der Waals surface area contributed by atoms with Gasteiger partial charge in [0.25, 0.3) is 0 Å². The van der Waals surface area contributed by atoms with Gasteiger partial charge in [0.1, 0.15) is 0 Å². The molecule has 1 aromatic carbocycles. The molecule has 2 fully saturated rings. The topological polar surface area (TPSA) is 69.7 Å². The lowest BCUT2D eigenvalue weighted by Crippen LogP contribution is -2.40. The van der Waals surface area contributed by atoms with E-state index in [1.807, 2.05) is 4.90 Å². The summed E-state index contributed by atoms with van der Waals surface area (Å²) < 4.78 is 0. The van der Waals surface area contributed by atoms with E-state index in [0.717, 1.165) is 31.6 Å². The van der Waals surface area contributed by atoms with Gasteiger partial charge in [0, 0.05) is 44.4 Å². The van der Waals surface area contributed by atoms with Gasteiger partial charge in [-0.25, -0.2) is 0 Å². The van der Waals surface area contributed by atoms with Crippen LogP contribution in [0.25, 0.3) is 0 Å². The molecular formula is C18H23N3O3. The van der Waals surface area contributed by atoms with Crippen LogP contribution in [0, 0.1) is 5.92 Å². The SMILES string of the molecule is CC(=O)Nc1ccc(N2C[C@H](C(=O)N3CCCCC3)CC2=O)cc1. The normalized spacial score (nSPS) is 21.0. The van der Waals surface area contributed by atoms with Crippen molar-refractivity contribution < 1.29 is 14.4 Å². The number of hydrogen-bond donors (Lipinski definition) is 1. The first-order chi connectivity index (χ1) is 11.5. The Morgan fingerprint density at radius 2 is 1.75 bits per heavy atom. The van der Waals surface area contributed by atoms with Gasteiger partial charge in [-0.2, -0.15) is 0 Å². The van der Waals surface area contributed by atoms with Crippen LogP contribution >= 0.6 is 0 Å². The Labute approximate surface area is 141 Å². The van der Waals surface area contributed by atoms with Gasteiger partial charge in [-0.1, -0.05) is 0 Å². The number of amides is 3. The van der Waals surface area contributed by atoms with Crippen LogP contribution in [0.5, 0.6) is 0 Å². The third-order valence-corrected chi connectivity index (χ3v) is 4.64. The lowest BCUT2D eigenvalue weighted by Gasteiger charge is -2.29. The highest BCUT2D eigenvalue weighted by molar-refractivity contribution is 6.00. The Balaban J connectivity index is 1.66. The van der Waals surface area contributed by atoms with E-state index in [1.165, 1.54) is 13.3 Å². The lowest BCUT2D eigenvalue weighted by atomic mass is 10.0. The smallest absolute Gasteiger partial charge is 0.228 e. The van der Waals surface area contributed by atoms with Crippen molar-refractivity contribution in [2.24, 2.45) is 5.92 Å². The number of nitrogens with zero attached hydrogens (tertiary/aromatic N) is 2. The average Bonchev–Trinajstić information content (AvgIpc) is 2.97. The maximum Gasteiger partial charge on any atom is 0.228 e. The fraction of sp³-hybridized carbons (Fsp3) is 0.500. The number of carbonyl (C=O) groups excluding carboxylic acids is 3. The zero-order valence-electron chi connectivity index (χ0n) is 14.0. The van der Waals surface area contributed by atoms with Crippen LogP contribution in [0.2, 0.25) is 0 Å². The van der Waals surface area contributed by atoms with E-state index in [1.54, 1.807) is 29.2 Å². The zero-order chi connectivity index (χ0) is 17.1. The summed E-state index contributed by atoms with van der Waals surface area (Å²) in [4.78, 5) is 39.6. The fourth-order valence-corrected chi connectivity index (χ4v) is 3.42. The molecule has 0 bridgehead atoms. The molecule has 0 aromatic heterocycles. The summed E-state index contributed by atoms with van der Waals surface area (Å²) in [5.41, 5.74) is 1.46. The van der Waals surface area contributed by atoms with Gasteiger partial charge in [-0.05, 0) is 43.5 Å². The van der Waals surface area contributed by atoms with E-state index in [9.17, 15) is 14.4 Å². The predicted octanol–water partition coefficient (Wildman–Crippen LogP) is 2.01. The number of piperidine rings is 1. The number of carbonyl (C=O) groups is 3. The van der Waals surface area contributed by atoms with Crippen LogP contribution in [-0.2, 0) is 14.4 Å². The van der Waals surface area contributed by atoms with Gasteiger partial charge in [-0.3, -0.25) is 14.4 Å². The van der Waals surface area contributed by atoms with E-state index in [-0.39, 0.29) is 30.1 Å². The van der Waals surface area contributed by atoms with Crippen molar-refractivity contribution >= 4 is 29.1 Å². The van der Waals surface area contributed by atoms with Gasteiger partial charge >= 0.3 is 0 Å². The summed E-state index contributed by atoms with van der Waals surface area (Å²) >= 11 is 0. The first kappa shape index (κ1) is 16.5. The summed E-state index contributed by atoms with van der Waals surface area (Å²) in [5, 5.41) is 2.70. The number of likely N-dealkylation sites (tertiary alicyclic amines) is 1. The van der Waals surface area contributed by atoms with Gasteiger partial charge in [-0.15, -0.1) is 0 Å². The molecule has 2 heterocycles. The largest absolute Gasteiger partial charge is 0.342 e. The van der Waals surface area contributed by atoms with Crippen molar-refractivity contribution in [3.63, 3.8) is 0 Å². The molecule has 6 heteroatoms. The highest BCUT2D eigenvalue weighted by atomic mass is 16.2. The van der Waals surface area contributed by atoms with E-state index in [4.69, 9.17) is 0 Å². The maximum atomic E-state index is 12.6. The molecule has 1 N–H and O–H groups in total. The number of rotatable bonds is 3. The quantitative estimate of drug-likeness (QED) is 0.922. The van der Waals surface area contributed by atoms with E-state index in [2.05, 4.69) is 5.32 Å². The molecule has 0 aliphatic carbocycles. The van der Waals surface area contributed by atoms with Crippen LogP contribution in [-0.4, -0.2) is 42.3 Å².